The number of para-hydroxylation sites is 2. The highest BCUT2D eigenvalue weighted by Crippen LogP contribution is 2.28. The number of ether oxygens (including phenoxy) is 1. The molecule has 1 aliphatic heterocycles. The molecule has 1 fully saturated rings. The second-order valence-corrected chi connectivity index (χ2v) is 7.22. The van der Waals surface area contributed by atoms with Crippen LogP contribution in [0.4, 0.5) is 5.69 Å². The van der Waals surface area contributed by atoms with Crippen LogP contribution >= 0.6 is 0 Å². The first kappa shape index (κ1) is 19.5. The third-order valence-electron chi connectivity index (χ3n) is 5.34. The predicted molar refractivity (Wildman–Crippen MR) is 115 cm³/mol. The van der Waals surface area contributed by atoms with Crippen LogP contribution in [-0.4, -0.2) is 56.4 Å². The molecule has 0 saturated carbocycles. The minimum Gasteiger partial charge on any atom is -0.496 e. The smallest absolute Gasteiger partial charge is 0.151 e. The summed E-state index contributed by atoms with van der Waals surface area (Å²) >= 11 is 0. The average Bonchev–Trinajstić information content (AvgIpc) is 3.26. The van der Waals surface area contributed by atoms with E-state index in [0.29, 0.717) is 6.54 Å². The van der Waals surface area contributed by atoms with Crippen molar-refractivity contribution < 1.29 is 9.26 Å². The molecule has 29 heavy (non-hydrogen) atoms. The van der Waals surface area contributed by atoms with Crippen LogP contribution < -0.4 is 15.0 Å². The van der Waals surface area contributed by atoms with Crippen LogP contribution in [0.5, 0.6) is 5.75 Å². The molecule has 0 radical (unpaired) electrons. The normalized spacial score (nSPS) is 14.9. The molecule has 2 aromatic carbocycles. The third-order valence-corrected chi connectivity index (χ3v) is 5.34. The number of hydrogen-bond acceptors (Lipinski definition) is 6. The summed E-state index contributed by atoms with van der Waals surface area (Å²) in [6.45, 7) is 6.98. The zero-order chi connectivity index (χ0) is 19.9. The van der Waals surface area contributed by atoms with Crippen molar-refractivity contribution in [2.24, 2.45) is 0 Å². The zero-order valence-electron chi connectivity index (χ0n) is 16.9. The van der Waals surface area contributed by atoms with Crippen LogP contribution in [0.25, 0.3) is 11.3 Å². The molecule has 0 unspecified atom stereocenters. The molecule has 1 aliphatic rings. The number of aromatic nitrogens is 1. The maximum Gasteiger partial charge on any atom is 0.151 e. The van der Waals surface area contributed by atoms with E-state index in [9.17, 15) is 0 Å². The molecule has 6 heteroatoms. The van der Waals surface area contributed by atoms with E-state index >= 15 is 0 Å². The molecule has 1 saturated heterocycles. The predicted octanol–water partition coefficient (Wildman–Crippen LogP) is 3.26. The van der Waals surface area contributed by atoms with Crippen molar-refractivity contribution in [2.45, 2.75) is 6.54 Å². The minimum atomic E-state index is 0.673. The summed E-state index contributed by atoms with van der Waals surface area (Å²) in [7, 11) is 1.67. The number of nitrogens with zero attached hydrogens (tertiary/aromatic N) is 3. The molecule has 3 aromatic rings. The van der Waals surface area contributed by atoms with E-state index in [1.807, 2.05) is 30.3 Å². The molecule has 4 rings (SSSR count). The number of nitrogens with one attached hydrogen (secondary N) is 1. The fraction of sp³-hybridized carbons (Fsp3) is 0.348. The highest BCUT2D eigenvalue weighted by atomic mass is 16.5. The van der Waals surface area contributed by atoms with Gasteiger partial charge in [0.2, 0.25) is 0 Å². The van der Waals surface area contributed by atoms with Crippen LogP contribution in [-0.2, 0) is 6.54 Å². The summed E-state index contributed by atoms with van der Waals surface area (Å²) in [4.78, 5) is 4.96. The molecule has 1 aromatic heterocycles. The molecule has 152 valence electrons. The van der Waals surface area contributed by atoms with Crippen molar-refractivity contribution in [1.82, 2.24) is 15.4 Å². The molecule has 0 amide bonds. The Morgan fingerprint density at radius 2 is 1.76 bits per heavy atom. The number of hydrogen-bond donors (Lipinski definition) is 1. The van der Waals surface area contributed by atoms with E-state index in [1.165, 1.54) is 5.69 Å². The van der Waals surface area contributed by atoms with Crippen molar-refractivity contribution in [3.8, 4) is 17.0 Å². The minimum absolute atomic E-state index is 0.673. The van der Waals surface area contributed by atoms with Gasteiger partial charge < -0.3 is 19.5 Å². The highest BCUT2D eigenvalue weighted by Gasteiger charge is 2.16. The second-order valence-electron chi connectivity index (χ2n) is 7.22. The number of piperazine rings is 1. The lowest BCUT2D eigenvalue weighted by molar-refractivity contribution is 0.255. The molecule has 2 heterocycles. The van der Waals surface area contributed by atoms with Crippen molar-refractivity contribution >= 4 is 5.69 Å². The molecular formula is C23H28N4O2. The van der Waals surface area contributed by atoms with E-state index in [-0.39, 0.29) is 0 Å². The zero-order valence-corrected chi connectivity index (χ0v) is 16.9. The average molecular weight is 393 g/mol. The molecule has 0 atom stereocenters. The lowest BCUT2D eigenvalue weighted by atomic mass is 10.1. The molecular weight excluding hydrogens is 364 g/mol. The highest BCUT2D eigenvalue weighted by molar-refractivity contribution is 5.66. The Kier molecular flexibility index (Phi) is 6.44. The van der Waals surface area contributed by atoms with Gasteiger partial charge in [-0.25, -0.2) is 0 Å². The van der Waals surface area contributed by atoms with E-state index in [2.05, 4.69) is 50.6 Å². The van der Waals surface area contributed by atoms with Gasteiger partial charge in [0, 0.05) is 56.6 Å². The monoisotopic (exact) mass is 392 g/mol. The second kappa shape index (κ2) is 9.58. The lowest BCUT2D eigenvalue weighted by Crippen LogP contribution is -2.48. The SMILES string of the molecule is COc1ccccc1-c1cc(CNCCN2CCN(c3ccccc3)CC2)on1. The van der Waals surface area contributed by atoms with Gasteiger partial charge in [0.25, 0.3) is 0 Å². The third kappa shape index (κ3) is 4.96. The van der Waals surface area contributed by atoms with E-state index < -0.39 is 0 Å². The first-order valence-electron chi connectivity index (χ1n) is 10.2. The summed E-state index contributed by atoms with van der Waals surface area (Å²) in [6.07, 6.45) is 0. The van der Waals surface area contributed by atoms with Gasteiger partial charge in [0.05, 0.1) is 13.7 Å². The lowest BCUT2D eigenvalue weighted by Gasteiger charge is -2.36. The van der Waals surface area contributed by atoms with Crippen LogP contribution in [0, 0.1) is 0 Å². The Morgan fingerprint density at radius 1 is 1.00 bits per heavy atom. The summed E-state index contributed by atoms with van der Waals surface area (Å²) in [5.41, 5.74) is 3.07. The van der Waals surface area contributed by atoms with Gasteiger partial charge in [0.15, 0.2) is 5.76 Å². The van der Waals surface area contributed by atoms with Crippen LogP contribution in [0.3, 0.4) is 0 Å². The van der Waals surface area contributed by atoms with Crippen molar-refractivity contribution in [1.29, 1.82) is 0 Å². The number of methoxy groups -OCH3 is 1. The molecule has 6 nitrogen and oxygen atoms in total. The van der Waals surface area contributed by atoms with Gasteiger partial charge in [-0.05, 0) is 24.3 Å². The van der Waals surface area contributed by atoms with E-state index in [0.717, 1.165) is 62.0 Å². The van der Waals surface area contributed by atoms with Gasteiger partial charge in [-0.2, -0.15) is 0 Å². The van der Waals surface area contributed by atoms with Crippen LogP contribution in [0.2, 0.25) is 0 Å². The Bertz CT molecular complexity index is 889. The van der Waals surface area contributed by atoms with Crippen LogP contribution in [0.1, 0.15) is 5.76 Å². The molecule has 0 spiro atoms. The summed E-state index contributed by atoms with van der Waals surface area (Å²) in [5.74, 6) is 1.63. The first-order valence-corrected chi connectivity index (χ1v) is 10.2. The largest absolute Gasteiger partial charge is 0.496 e. The summed E-state index contributed by atoms with van der Waals surface area (Å²) < 4.78 is 10.9. The quantitative estimate of drug-likeness (QED) is 0.594. The van der Waals surface area contributed by atoms with Gasteiger partial charge in [0.1, 0.15) is 11.4 Å². The number of benzene rings is 2. The maximum atomic E-state index is 5.49. The van der Waals surface area contributed by atoms with E-state index in [1.54, 1.807) is 7.11 Å². The Morgan fingerprint density at radius 3 is 2.55 bits per heavy atom. The van der Waals surface area contributed by atoms with Crippen molar-refractivity contribution in [3.63, 3.8) is 0 Å². The fourth-order valence-corrected chi connectivity index (χ4v) is 3.70. The van der Waals surface area contributed by atoms with Crippen molar-refractivity contribution in [3.05, 3.63) is 66.4 Å². The number of rotatable bonds is 8. The fourth-order valence-electron chi connectivity index (χ4n) is 3.70. The summed E-state index contributed by atoms with van der Waals surface area (Å²) in [6, 6.07) is 20.5. The first-order chi connectivity index (χ1) is 14.3. The molecule has 1 N–H and O–H groups in total. The Balaban J connectivity index is 1.19. The van der Waals surface area contributed by atoms with E-state index in [4.69, 9.17) is 9.26 Å². The maximum absolute atomic E-state index is 5.49. The van der Waals surface area contributed by atoms with Gasteiger partial charge in [-0.15, -0.1) is 0 Å². The topological polar surface area (TPSA) is 53.8 Å². The number of anilines is 1. The standard InChI is InChI=1S/C23H28N4O2/c1-28-23-10-6-5-9-21(23)22-17-20(29-25-22)18-24-11-12-26-13-15-27(16-14-26)19-7-3-2-4-8-19/h2-10,17,24H,11-16,18H2,1H3. The molecule has 0 bridgehead atoms. The van der Waals surface area contributed by atoms with Crippen LogP contribution in [0.15, 0.2) is 65.2 Å². The molecule has 0 aliphatic carbocycles. The summed E-state index contributed by atoms with van der Waals surface area (Å²) in [5, 5.41) is 7.65. The Hall–Kier alpha value is -2.83. The van der Waals surface area contributed by atoms with Crippen molar-refractivity contribution in [2.75, 3.05) is 51.3 Å². The van der Waals surface area contributed by atoms with Gasteiger partial charge in [-0.1, -0.05) is 35.5 Å². The van der Waals surface area contributed by atoms with Gasteiger partial charge in [-0.3, -0.25) is 4.90 Å². The van der Waals surface area contributed by atoms with Gasteiger partial charge >= 0.3 is 0 Å². The Labute approximate surface area is 172 Å².